The predicted molar refractivity (Wildman–Crippen MR) is 105 cm³/mol. The van der Waals surface area contributed by atoms with Crippen LogP contribution in [0.1, 0.15) is 23.2 Å². The molecule has 0 radical (unpaired) electrons. The average Bonchev–Trinajstić information content (AvgIpc) is 3.47. The van der Waals surface area contributed by atoms with E-state index >= 15 is 0 Å². The maximum Gasteiger partial charge on any atom is 0.255 e. The van der Waals surface area contributed by atoms with Crippen LogP contribution in [0.15, 0.2) is 42.6 Å². The summed E-state index contributed by atoms with van der Waals surface area (Å²) in [4.78, 5) is 21.5. The molecular formula is C20H25N5O. The van der Waals surface area contributed by atoms with Crippen molar-refractivity contribution in [2.24, 2.45) is 0 Å². The summed E-state index contributed by atoms with van der Waals surface area (Å²) in [5, 5.41) is 6.29. The van der Waals surface area contributed by atoms with Gasteiger partial charge in [0.25, 0.3) is 5.91 Å². The van der Waals surface area contributed by atoms with Gasteiger partial charge in [0.05, 0.1) is 0 Å². The fourth-order valence-electron chi connectivity index (χ4n) is 3.11. The molecule has 1 aliphatic heterocycles. The van der Waals surface area contributed by atoms with Crippen LogP contribution in [0.5, 0.6) is 0 Å². The molecule has 1 saturated carbocycles. The largest absolute Gasteiger partial charge is 0.369 e. The van der Waals surface area contributed by atoms with Gasteiger partial charge in [-0.15, -0.1) is 0 Å². The lowest BCUT2D eigenvalue weighted by Crippen LogP contribution is -2.44. The van der Waals surface area contributed by atoms with Gasteiger partial charge in [-0.3, -0.25) is 4.79 Å². The summed E-state index contributed by atoms with van der Waals surface area (Å²) in [5.41, 5.74) is 2.63. The van der Waals surface area contributed by atoms with Crippen molar-refractivity contribution in [1.82, 2.24) is 9.88 Å². The van der Waals surface area contributed by atoms with Crippen molar-refractivity contribution in [3.63, 3.8) is 0 Å². The number of carbonyl (C=O) groups is 1. The zero-order valence-corrected chi connectivity index (χ0v) is 15.1. The molecule has 136 valence electrons. The third-order valence-electron chi connectivity index (χ3n) is 4.95. The Morgan fingerprint density at radius 1 is 1.08 bits per heavy atom. The van der Waals surface area contributed by atoms with Crippen LogP contribution in [-0.2, 0) is 0 Å². The first-order chi connectivity index (χ1) is 12.7. The van der Waals surface area contributed by atoms with Crippen molar-refractivity contribution in [3.8, 4) is 0 Å². The van der Waals surface area contributed by atoms with Gasteiger partial charge in [-0.25, -0.2) is 4.98 Å². The number of rotatable bonds is 5. The number of amides is 1. The molecule has 1 amide bonds. The number of aromatic nitrogens is 1. The lowest BCUT2D eigenvalue weighted by atomic mass is 10.2. The van der Waals surface area contributed by atoms with Gasteiger partial charge < -0.3 is 20.4 Å². The summed E-state index contributed by atoms with van der Waals surface area (Å²) in [6.07, 6.45) is 4.03. The highest BCUT2D eigenvalue weighted by atomic mass is 16.1. The number of likely N-dealkylation sites (N-methyl/N-ethyl adjacent to an activating group) is 1. The number of carbonyl (C=O) groups excluding carboxylic acids is 1. The number of nitrogens with zero attached hydrogens (tertiary/aromatic N) is 3. The zero-order chi connectivity index (χ0) is 17.9. The Balaban J connectivity index is 1.38. The number of piperazine rings is 1. The van der Waals surface area contributed by atoms with Crippen LogP contribution in [0.25, 0.3) is 0 Å². The van der Waals surface area contributed by atoms with Gasteiger partial charge in [-0.2, -0.15) is 0 Å². The molecule has 1 aliphatic carbocycles. The first-order valence-corrected chi connectivity index (χ1v) is 9.25. The van der Waals surface area contributed by atoms with Crippen molar-refractivity contribution in [3.05, 3.63) is 48.2 Å². The Labute approximate surface area is 154 Å². The van der Waals surface area contributed by atoms with Crippen LogP contribution < -0.4 is 15.5 Å². The zero-order valence-electron chi connectivity index (χ0n) is 15.1. The van der Waals surface area contributed by atoms with E-state index < -0.39 is 0 Å². The maximum atomic E-state index is 12.5. The van der Waals surface area contributed by atoms with Gasteiger partial charge in [0.15, 0.2) is 0 Å². The molecule has 2 aliphatic rings. The van der Waals surface area contributed by atoms with E-state index in [9.17, 15) is 4.79 Å². The second-order valence-corrected chi connectivity index (χ2v) is 7.14. The molecule has 2 aromatic rings. The lowest BCUT2D eigenvalue weighted by molar-refractivity contribution is 0.102. The van der Waals surface area contributed by atoms with Crippen molar-refractivity contribution in [1.29, 1.82) is 0 Å². The highest BCUT2D eigenvalue weighted by molar-refractivity contribution is 6.04. The second kappa shape index (κ2) is 7.33. The number of pyridine rings is 1. The molecule has 2 N–H and O–H groups in total. The van der Waals surface area contributed by atoms with Crippen LogP contribution in [0, 0.1) is 0 Å². The maximum absolute atomic E-state index is 12.5. The summed E-state index contributed by atoms with van der Waals surface area (Å²) >= 11 is 0. The molecule has 0 bridgehead atoms. The first kappa shape index (κ1) is 16.8. The summed E-state index contributed by atoms with van der Waals surface area (Å²) in [6, 6.07) is 12.2. The van der Waals surface area contributed by atoms with Gasteiger partial charge in [0.1, 0.15) is 5.82 Å². The molecule has 2 fully saturated rings. The van der Waals surface area contributed by atoms with Gasteiger partial charge in [-0.05, 0) is 56.3 Å². The van der Waals surface area contributed by atoms with E-state index in [1.54, 1.807) is 12.3 Å². The minimum absolute atomic E-state index is 0.112. The summed E-state index contributed by atoms with van der Waals surface area (Å²) in [7, 11) is 2.15. The third-order valence-corrected chi connectivity index (χ3v) is 4.95. The Bertz CT molecular complexity index is 764. The number of hydrogen-bond acceptors (Lipinski definition) is 5. The first-order valence-electron chi connectivity index (χ1n) is 9.25. The van der Waals surface area contributed by atoms with E-state index in [1.807, 2.05) is 18.2 Å². The highest BCUT2D eigenvalue weighted by Gasteiger charge is 2.21. The molecular weight excluding hydrogens is 326 g/mol. The smallest absolute Gasteiger partial charge is 0.255 e. The molecule has 4 rings (SSSR count). The van der Waals surface area contributed by atoms with Crippen LogP contribution in [0.4, 0.5) is 17.2 Å². The van der Waals surface area contributed by atoms with Crippen molar-refractivity contribution in [2.75, 3.05) is 48.8 Å². The average molecular weight is 351 g/mol. The van der Waals surface area contributed by atoms with Gasteiger partial charge in [0, 0.05) is 55.4 Å². The lowest BCUT2D eigenvalue weighted by Gasteiger charge is -2.34. The van der Waals surface area contributed by atoms with Crippen molar-refractivity contribution < 1.29 is 4.79 Å². The summed E-state index contributed by atoms with van der Waals surface area (Å²) < 4.78 is 0. The van der Waals surface area contributed by atoms with Gasteiger partial charge in [0.2, 0.25) is 0 Å². The number of hydrogen-bond donors (Lipinski definition) is 2. The molecule has 0 unspecified atom stereocenters. The Morgan fingerprint density at radius 3 is 2.50 bits per heavy atom. The third kappa shape index (κ3) is 4.14. The van der Waals surface area contributed by atoms with E-state index in [4.69, 9.17) is 0 Å². The summed E-state index contributed by atoms with van der Waals surface area (Å²) in [5.74, 6) is 0.657. The molecule has 6 heteroatoms. The van der Waals surface area contributed by atoms with Crippen LogP contribution >= 0.6 is 0 Å². The van der Waals surface area contributed by atoms with Gasteiger partial charge >= 0.3 is 0 Å². The quantitative estimate of drug-likeness (QED) is 0.867. The van der Waals surface area contributed by atoms with E-state index in [0.717, 1.165) is 37.7 Å². The summed E-state index contributed by atoms with van der Waals surface area (Å²) in [6.45, 7) is 4.24. The molecule has 0 atom stereocenters. The van der Waals surface area contributed by atoms with Crippen LogP contribution in [-0.4, -0.2) is 55.1 Å². The SMILES string of the molecule is CN1CCN(c2ccc(NC(=O)c3ccnc(NC4CC4)c3)cc2)CC1. The van der Waals surface area contributed by atoms with Gasteiger partial charge in [-0.1, -0.05) is 0 Å². The Hall–Kier alpha value is -2.60. The fraction of sp³-hybridized carbons (Fsp3) is 0.400. The van der Waals surface area contributed by atoms with Crippen molar-refractivity contribution >= 4 is 23.1 Å². The van der Waals surface area contributed by atoms with E-state index in [2.05, 4.69) is 44.6 Å². The number of anilines is 3. The van der Waals surface area contributed by atoms with E-state index in [1.165, 1.54) is 18.5 Å². The second-order valence-electron chi connectivity index (χ2n) is 7.14. The highest BCUT2D eigenvalue weighted by Crippen LogP contribution is 2.24. The predicted octanol–water partition coefficient (Wildman–Crippen LogP) is 2.66. The topological polar surface area (TPSA) is 60.5 Å². The number of nitrogens with one attached hydrogen (secondary N) is 2. The normalized spacial score (nSPS) is 17.8. The fourth-order valence-corrected chi connectivity index (χ4v) is 3.11. The molecule has 0 spiro atoms. The monoisotopic (exact) mass is 351 g/mol. The number of benzene rings is 1. The minimum atomic E-state index is -0.112. The molecule has 6 nitrogen and oxygen atoms in total. The van der Waals surface area contributed by atoms with Crippen molar-refractivity contribution in [2.45, 2.75) is 18.9 Å². The minimum Gasteiger partial charge on any atom is -0.369 e. The molecule has 1 aromatic carbocycles. The molecule has 26 heavy (non-hydrogen) atoms. The standard InChI is InChI=1S/C20H25N5O/c1-24-10-12-25(13-11-24)18-6-4-17(5-7-18)23-20(26)15-8-9-21-19(14-15)22-16-2-3-16/h4-9,14,16H,2-3,10-13H2,1H3,(H,21,22)(H,23,26). The van der Waals surface area contributed by atoms with Crippen LogP contribution in [0.3, 0.4) is 0 Å². The molecule has 1 saturated heterocycles. The molecule has 2 heterocycles. The Morgan fingerprint density at radius 2 is 1.81 bits per heavy atom. The van der Waals surface area contributed by atoms with Crippen LogP contribution in [0.2, 0.25) is 0 Å². The Kier molecular flexibility index (Phi) is 4.75. The van der Waals surface area contributed by atoms with E-state index in [-0.39, 0.29) is 5.91 Å². The molecule has 1 aromatic heterocycles. The van der Waals surface area contributed by atoms with E-state index in [0.29, 0.717) is 11.6 Å².